The van der Waals surface area contributed by atoms with Gasteiger partial charge in [0.25, 0.3) is 0 Å². The molecule has 1 N–H and O–H groups in total. The number of amides is 1. The number of fused-ring (bicyclic) bond motifs is 1. The van der Waals surface area contributed by atoms with E-state index >= 15 is 0 Å². The van der Waals surface area contributed by atoms with Crippen LogP contribution < -0.4 is 5.32 Å². The van der Waals surface area contributed by atoms with E-state index < -0.39 is 24.2 Å². The van der Waals surface area contributed by atoms with Crippen molar-refractivity contribution in [2.24, 2.45) is 0 Å². The minimum Gasteiger partial charge on any atom is -0.451 e. The fourth-order valence-corrected chi connectivity index (χ4v) is 5.94. The summed E-state index contributed by atoms with van der Waals surface area (Å²) in [5, 5.41) is 2.74. The molecule has 2 fully saturated rings. The standard InChI is InChI=1S/C27H23N3O4S2/c31-20-16-36-26-22(29-21(35)15-17-11-13-28-14-12-17)25(32)30(26)23(20)27(33)34-24(18-7-3-1-4-8-18)19-9-5-2-6-10-19/h1-14,22-24,26H,15-16H2,(H,29,35)/t22-,23-,26+/m1/s1. The van der Waals surface area contributed by atoms with Gasteiger partial charge < -0.3 is 15.0 Å². The van der Waals surface area contributed by atoms with Crippen molar-refractivity contribution in [3.63, 3.8) is 0 Å². The average Bonchev–Trinajstić information content (AvgIpc) is 2.91. The quantitative estimate of drug-likeness (QED) is 0.221. The van der Waals surface area contributed by atoms with Gasteiger partial charge in [0, 0.05) is 18.8 Å². The predicted molar refractivity (Wildman–Crippen MR) is 140 cm³/mol. The van der Waals surface area contributed by atoms with Crippen molar-refractivity contribution < 1.29 is 19.1 Å². The summed E-state index contributed by atoms with van der Waals surface area (Å²) in [5.74, 6) is -1.29. The molecule has 2 saturated heterocycles. The molecule has 9 heteroatoms. The third-order valence-electron chi connectivity index (χ3n) is 6.15. The number of hydrogen-bond acceptors (Lipinski definition) is 7. The third kappa shape index (κ3) is 4.89. The van der Waals surface area contributed by atoms with Crippen LogP contribution in [0.2, 0.25) is 0 Å². The molecule has 1 amide bonds. The molecule has 0 saturated carbocycles. The Balaban J connectivity index is 1.30. The van der Waals surface area contributed by atoms with Crippen LogP contribution in [0.15, 0.2) is 85.2 Å². The number of esters is 1. The summed E-state index contributed by atoms with van der Waals surface area (Å²) in [6.07, 6.45) is 3.15. The van der Waals surface area contributed by atoms with Crippen molar-refractivity contribution in [2.45, 2.75) is 30.0 Å². The van der Waals surface area contributed by atoms with Crippen molar-refractivity contribution in [3.8, 4) is 0 Å². The Morgan fingerprint density at radius 3 is 2.25 bits per heavy atom. The first-order valence-corrected chi connectivity index (χ1v) is 12.9. The van der Waals surface area contributed by atoms with Crippen molar-refractivity contribution in [1.82, 2.24) is 15.2 Å². The summed E-state index contributed by atoms with van der Waals surface area (Å²) in [5.41, 5.74) is 2.54. The van der Waals surface area contributed by atoms with E-state index in [-0.39, 0.29) is 22.8 Å². The number of pyridine rings is 1. The van der Waals surface area contributed by atoms with Crippen molar-refractivity contribution in [3.05, 3.63) is 102 Å². The Kier molecular flexibility index (Phi) is 7.11. The van der Waals surface area contributed by atoms with E-state index in [1.54, 1.807) is 12.4 Å². The molecular weight excluding hydrogens is 494 g/mol. The lowest BCUT2D eigenvalue weighted by molar-refractivity contribution is -0.169. The lowest BCUT2D eigenvalue weighted by Crippen LogP contribution is -2.76. The minimum absolute atomic E-state index is 0.116. The molecule has 2 aliphatic heterocycles. The summed E-state index contributed by atoms with van der Waals surface area (Å²) in [6, 6.07) is 20.5. The van der Waals surface area contributed by atoms with Crippen molar-refractivity contribution in [1.29, 1.82) is 0 Å². The second-order valence-corrected chi connectivity index (χ2v) is 10.1. The Morgan fingerprint density at radius 2 is 1.64 bits per heavy atom. The number of ketones is 1. The van der Waals surface area contributed by atoms with Crippen LogP contribution in [0.4, 0.5) is 0 Å². The number of ether oxygens (including phenoxy) is 1. The summed E-state index contributed by atoms with van der Waals surface area (Å²) >= 11 is 6.79. The molecule has 36 heavy (non-hydrogen) atoms. The number of nitrogens with zero attached hydrogens (tertiary/aromatic N) is 2. The van der Waals surface area contributed by atoms with Gasteiger partial charge in [0.05, 0.1) is 10.7 Å². The number of Topliss-reactive ketones (excluding diaryl/α,β-unsaturated/α-hetero) is 1. The van der Waals surface area contributed by atoms with E-state index in [1.165, 1.54) is 16.7 Å². The molecule has 0 spiro atoms. The van der Waals surface area contributed by atoms with Crippen LogP contribution >= 0.6 is 24.0 Å². The average molecular weight is 518 g/mol. The monoisotopic (exact) mass is 517 g/mol. The summed E-state index contributed by atoms with van der Waals surface area (Å²) in [4.78, 5) is 45.1. The number of carbonyl (C=O) groups is 3. The van der Waals surface area contributed by atoms with Gasteiger partial charge in [-0.15, -0.1) is 11.8 Å². The molecule has 2 aromatic carbocycles. The zero-order valence-electron chi connectivity index (χ0n) is 19.2. The highest BCUT2D eigenvalue weighted by atomic mass is 32.2. The molecule has 0 aliphatic carbocycles. The fraction of sp³-hybridized carbons (Fsp3) is 0.222. The maximum Gasteiger partial charge on any atom is 0.337 e. The van der Waals surface area contributed by atoms with E-state index in [4.69, 9.17) is 17.0 Å². The van der Waals surface area contributed by atoms with Crippen LogP contribution in [-0.4, -0.2) is 55.7 Å². The van der Waals surface area contributed by atoms with Gasteiger partial charge in [0.15, 0.2) is 17.9 Å². The van der Waals surface area contributed by atoms with Crippen LogP contribution in [0, 0.1) is 0 Å². The normalized spacial score (nSPS) is 20.9. The van der Waals surface area contributed by atoms with E-state index in [9.17, 15) is 14.4 Å². The number of hydrogen-bond donors (Lipinski definition) is 1. The molecule has 3 heterocycles. The minimum atomic E-state index is -1.27. The molecule has 182 valence electrons. The van der Waals surface area contributed by atoms with Crippen molar-refractivity contribution in [2.75, 3.05) is 5.75 Å². The highest BCUT2D eigenvalue weighted by Crippen LogP contribution is 2.38. The van der Waals surface area contributed by atoms with Gasteiger partial charge in [-0.3, -0.25) is 14.6 Å². The molecule has 3 aromatic rings. The second kappa shape index (κ2) is 10.6. The Morgan fingerprint density at radius 1 is 1.03 bits per heavy atom. The number of carbonyl (C=O) groups excluding carboxylic acids is 3. The van der Waals surface area contributed by atoms with E-state index in [0.29, 0.717) is 11.4 Å². The Hall–Kier alpha value is -3.56. The van der Waals surface area contributed by atoms with Crippen LogP contribution in [0.3, 0.4) is 0 Å². The number of aromatic nitrogens is 1. The van der Waals surface area contributed by atoms with E-state index in [0.717, 1.165) is 16.7 Å². The van der Waals surface area contributed by atoms with Gasteiger partial charge in [-0.25, -0.2) is 4.79 Å². The van der Waals surface area contributed by atoms with Gasteiger partial charge in [0.2, 0.25) is 5.91 Å². The SMILES string of the molecule is O=C1CS[C@H]2[C@H](NC(=S)Cc3ccncc3)C(=O)N2[C@H]1C(=O)OC(c1ccccc1)c1ccccc1. The largest absolute Gasteiger partial charge is 0.451 e. The lowest BCUT2D eigenvalue weighted by atomic mass is 9.99. The fourth-order valence-electron chi connectivity index (χ4n) is 4.39. The lowest BCUT2D eigenvalue weighted by Gasteiger charge is -2.51. The van der Waals surface area contributed by atoms with Gasteiger partial charge in [-0.2, -0.15) is 0 Å². The molecule has 7 nitrogen and oxygen atoms in total. The summed E-state index contributed by atoms with van der Waals surface area (Å²) < 4.78 is 5.91. The number of benzene rings is 2. The Labute approximate surface area is 218 Å². The molecular formula is C27H23N3O4S2. The number of thioether (sulfide) groups is 1. The summed E-state index contributed by atoms with van der Waals surface area (Å²) in [6.45, 7) is 0. The highest BCUT2D eigenvalue weighted by molar-refractivity contribution is 8.00. The first-order valence-electron chi connectivity index (χ1n) is 11.5. The molecule has 0 bridgehead atoms. The Bertz CT molecular complexity index is 1230. The van der Waals surface area contributed by atoms with Gasteiger partial charge in [-0.05, 0) is 28.8 Å². The number of thiocarbonyl (C=S) groups is 1. The van der Waals surface area contributed by atoms with Crippen LogP contribution in [-0.2, 0) is 25.5 Å². The molecule has 1 aromatic heterocycles. The number of β-lactam (4-membered cyclic amide) rings is 1. The van der Waals surface area contributed by atoms with E-state index in [1.807, 2.05) is 72.8 Å². The molecule has 5 rings (SSSR count). The smallest absolute Gasteiger partial charge is 0.337 e. The summed E-state index contributed by atoms with van der Waals surface area (Å²) in [7, 11) is 0. The maximum atomic E-state index is 13.4. The van der Waals surface area contributed by atoms with E-state index in [2.05, 4.69) is 10.3 Å². The molecule has 3 atom stereocenters. The van der Waals surface area contributed by atoms with Gasteiger partial charge in [0.1, 0.15) is 11.4 Å². The van der Waals surface area contributed by atoms with Crippen LogP contribution in [0.25, 0.3) is 0 Å². The van der Waals surface area contributed by atoms with Gasteiger partial charge in [-0.1, -0.05) is 72.9 Å². The molecule has 0 radical (unpaired) electrons. The van der Waals surface area contributed by atoms with Crippen LogP contribution in [0.5, 0.6) is 0 Å². The van der Waals surface area contributed by atoms with Crippen molar-refractivity contribution >= 4 is 46.6 Å². The van der Waals surface area contributed by atoms with Crippen LogP contribution in [0.1, 0.15) is 22.8 Å². The zero-order chi connectivity index (χ0) is 25.1. The predicted octanol–water partition coefficient (Wildman–Crippen LogP) is 3.10. The second-order valence-electron chi connectivity index (χ2n) is 8.53. The zero-order valence-corrected chi connectivity index (χ0v) is 20.8. The molecule has 0 unspecified atom stereocenters. The first-order chi connectivity index (χ1) is 17.5. The van der Waals surface area contributed by atoms with Gasteiger partial charge >= 0.3 is 5.97 Å². The maximum absolute atomic E-state index is 13.4. The number of nitrogens with one attached hydrogen (secondary N) is 1. The molecule has 2 aliphatic rings. The third-order valence-corrected chi connectivity index (χ3v) is 7.71. The number of rotatable bonds is 7. The first kappa shape index (κ1) is 24.1. The highest BCUT2D eigenvalue weighted by Gasteiger charge is 2.58. The topological polar surface area (TPSA) is 88.6 Å².